The molecule has 216 valence electrons. The van der Waals surface area contributed by atoms with Gasteiger partial charge in [-0.05, 0) is 74.0 Å². The number of rotatable bonds is 5. The number of fused-ring (bicyclic) bond motifs is 4. The first kappa shape index (κ1) is 27.3. The topological polar surface area (TPSA) is 26.0 Å². The van der Waals surface area contributed by atoms with Crippen molar-refractivity contribution in [3.8, 4) is 44.5 Å². The van der Waals surface area contributed by atoms with E-state index in [0.29, 0.717) is 5.71 Å². The predicted octanol–water partition coefficient (Wildman–Crippen LogP) is 11.3. The van der Waals surface area contributed by atoms with Gasteiger partial charge in [0.05, 0.1) is 8.07 Å². The van der Waals surface area contributed by atoms with Gasteiger partial charge < -0.3 is 4.42 Å². The number of furan rings is 1. The number of pyridine rings is 1. The largest absolute Gasteiger partial charge is 0.437 e. The van der Waals surface area contributed by atoms with Crippen LogP contribution in [0.5, 0.6) is 0 Å². The van der Waals surface area contributed by atoms with Crippen molar-refractivity contribution < 1.29 is 4.42 Å². The molecule has 2 aromatic heterocycles. The molecule has 0 bridgehead atoms. The van der Waals surface area contributed by atoms with Gasteiger partial charge in [0.1, 0.15) is 5.58 Å². The summed E-state index contributed by atoms with van der Waals surface area (Å²) in [5.41, 5.74) is 11.1. The summed E-state index contributed by atoms with van der Waals surface area (Å²) in [6.45, 7) is 7.17. The van der Waals surface area contributed by atoms with E-state index in [9.17, 15) is 0 Å². The van der Waals surface area contributed by atoms with Gasteiger partial charge in [-0.1, -0.05) is 140 Å². The molecule has 0 saturated heterocycles. The van der Waals surface area contributed by atoms with Crippen molar-refractivity contribution in [3.63, 3.8) is 0 Å². The summed E-state index contributed by atoms with van der Waals surface area (Å²) in [7, 11) is -1.29. The second-order valence-corrected chi connectivity index (χ2v) is 18.0. The van der Waals surface area contributed by atoms with Crippen LogP contribution in [0.3, 0.4) is 0 Å². The molecule has 0 amide bonds. The van der Waals surface area contributed by atoms with Crippen LogP contribution in [-0.4, -0.2) is 13.1 Å². The zero-order valence-electron chi connectivity index (χ0n) is 25.7. The van der Waals surface area contributed by atoms with Crippen LogP contribution in [0.2, 0.25) is 19.6 Å². The second kappa shape index (κ2) is 10.7. The Kier molecular flexibility index (Phi) is 6.51. The third-order valence-electron chi connectivity index (χ3n) is 8.95. The molecule has 8 aromatic rings. The van der Waals surface area contributed by atoms with Gasteiger partial charge in [-0.3, -0.25) is 0 Å². The van der Waals surface area contributed by atoms with Crippen molar-refractivity contribution in [1.82, 2.24) is 4.98 Å². The Morgan fingerprint density at radius 1 is 0.467 bits per heavy atom. The minimum atomic E-state index is -1.29. The lowest BCUT2D eigenvalue weighted by atomic mass is 9.95. The number of hydrogen-bond donors (Lipinski definition) is 0. The average molecular weight is 596 g/mol. The molecule has 0 spiro atoms. The highest BCUT2D eigenvalue weighted by atomic mass is 28.3. The Morgan fingerprint density at radius 3 is 1.53 bits per heavy atom. The number of benzene rings is 6. The van der Waals surface area contributed by atoms with Crippen LogP contribution in [0.4, 0.5) is 0 Å². The molecule has 2 heterocycles. The van der Waals surface area contributed by atoms with Gasteiger partial charge >= 0.3 is 0 Å². The lowest BCUT2D eigenvalue weighted by Crippen LogP contribution is -2.37. The first-order valence-electron chi connectivity index (χ1n) is 15.5. The minimum absolute atomic E-state index is 0.677. The van der Waals surface area contributed by atoms with Crippen LogP contribution in [0, 0.1) is 0 Å². The third-order valence-corrected chi connectivity index (χ3v) is 11.0. The van der Waals surface area contributed by atoms with E-state index in [2.05, 4.69) is 158 Å². The van der Waals surface area contributed by atoms with Crippen LogP contribution in [-0.2, 0) is 0 Å². The fraction of sp³-hybridized carbons (Fsp3) is 0.0714. The van der Waals surface area contributed by atoms with Crippen LogP contribution < -0.4 is 5.19 Å². The molecule has 3 heteroatoms. The molecule has 0 aliphatic heterocycles. The van der Waals surface area contributed by atoms with E-state index in [4.69, 9.17) is 4.42 Å². The molecule has 2 nitrogen and oxygen atoms in total. The first-order valence-corrected chi connectivity index (χ1v) is 19.0. The average Bonchev–Trinajstić information content (AvgIpc) is 3.47. The van der Waals surface area contributed by atoms with Gasteiger partial charge in [0, 0.05) is 22.5 Å². The van der Waals surface area contributed by atoms with Gasteiger partial charge in [-0.15, -0.1) is 0 Å². The fourth-order valence-electron chi connectivity index (χ4n) is 6.33. The molecule has 0 saturated carbocycles. The molecule has 0 N–H and O–H groups in total. The fourth-order valence-corrected chi connectivity index (χ4v) is 7.49. The molecule has 0 radical (unpaired) electrons. The van der Waals surface area contributed by atoms with Crippen LogP contribution in [0.25, 0.3) is 77.3 Å². The maximum absolute atomic E-state index is 6.17. The van der Waals surface area contributed by atoms with Gasteiger partial charge in [0.15, 0.2) is 0 Å². The predicted molar refractivity (Wildman–Crippen MR) is 194 cm³/mol. The number of para-hydroxylation sites is 1. The van der Waals surface area contributed by atoms with E-state index < -0.39 is 8.07 Å². The Bertz CT molecular complexity index is 2320. The molecular formula is C42H33NOSi. The zero-order valence-corrected chi connectivity index (χ0v) is 26.7. The van der Waals surface area contributed by atoms with Crippen molar-refractivity contribution in [2.45, 2.75) is 19.6 Å². The molecule has 8 rings (SSSR count). The van der Waals surface area contributed by atoms with Crippen molar-refractivity contribution in [2.24, 2.45) is 0 Å². The summed E-state index contributed by atoms with van der Waals surface area (Å²) >= 11 is 0. The molecule has 0 fully saturated rings. The van der Waals surface area contributed by atoms with Gasteiger partial charge in [-0.2, -0.15) is 0 Å². The summed E-state index contributed by atoms with van der Waals surface area (Å²) in [6.07, 6.45) is 1.77. The summed E-state index contributed by atoms with van der Waals surface area (Å²) in [5.74, 6) is 0. The zero-order chi connectivity index (χ0) is 30.5. The maximum atomic E-state index is 6.17. The summed E-state index contributed by atoms with van der Waals surface area (Å²) in [5, 5.41) is 6.11. The second-order valence-electron chi connectivity index (χ2n) is 12.9. The highest BCUT2D eigenvalue weighted by Gasteiger charge is 2.16. The monoisotopic (exact) mass is 595 g/mol. The lowest BCUT2D eigenvalue weighted by molar-refractivity contribution is 0.655. The summed E-state index contributed by atoms with van der Waals surface area (Å²) < 4.78 is 6.17. The standard InChI is InChI=1S/C42H33NOSi/c1-45(2,3)37-23-21-29(22-24-37)28-9-11-30(12-10-28)33-17-19-36-27-34(18-20-35(36)26-33)31-13-15-32(16-14-31)38-6-4-7-39-40-8-5-25-43-42(40)44-41(38)39/h4-27H,1-3H3. The van der Waals surface area contributed by atoms with E-state index in [1.165, 1.54) is 49.3 Å². The normalized spacial score (nSPS) is 11.9. The number of hydrogen-bond acceptors (Lipinski definition) is 2. The van der Waals surface area contributed by atoms with Gasteiger partial charge in [0.25, 0.3) is 0 Å². The Morgan fingerprint density at radius 2 is 0.956 bits per heavy atom. The Hall–Kier alpha value is -5.25. The Labute approximate surface area is 264 Å². The highest BCUT2D eigenvalue weighted by Crippen LogP contribution is 2.36. The van der Waals surface area contributed by atoms with E-state index in [1.807, 2.05) is 6.07 Å². The summed E-state index contributed by atoms with van der Waals surface area (Å²) in [6, 6.07) is 50.7. The number of nitrogens with zero attached hydrogens (tertiary/aromatic N) is 1. The minimum Gasteiger partial charge on any atom is -0.437 e. The molecule has 0 unspecified atom stereocenters. The van der Waals surface area contributed by atoms with Crippen LogP contribution in [0.1, 0.15) is 0 Å². The van der Waals surface area contributed by atoms with Gasteiger partial charge in [-0.25, -0.2) is 4.98 Å². The molecular weight excluding hydrogens is 563 g/mol. The Balaban J connectivity index is 1.04. The van der Waals surface area contributed by atoms with E-state index >= 15 is 0 Å². The summed E-state index contributed by atoms with van der Waals surface area (Å²) in [4.78, 5) is 4.41. The third kappa shape index (κ3) is 5.05. The van der Waals surface area contributed by atoms with Crippen molar-refractivity contribution in [3.05, 3.63) is 146 Å². The van der Waals surface area contributed by atoms with E-state index in [0.717, 1.165) is 27.5 Å². The first-order chi connectivity index (χ1) is 21.9. The molecule has 6 aromatic carbocycles. The number of aromatic nitrogens is 1. The maximum Gasteiger partial charge on any atom is 0.227 e. The van der Waals surface area contributed by atoms with E-state index in [-0.39, 0.29) is 0 Å². The van der Waals surface area contributed by atoms with Crippen LogP contribution in [0.15, 0.2) is 150 Å². The van der Waals surface area contributed by atoms with E-state index in [1.54, 1.807) is 6.20 Å². The van der Waals surface area contributed by atoms with Gasteiger partial charge in [0.2, 0.25) is 5.71 Å². The van der Waals surface area contributed by atoms with Crippen molar-refractivity contribution in [2.75, 3.05) is 0 Å². The molecule has 0 aliphatic carbocycles. The smallest absolute Gasteiger partial charge is 0.227 e. The molecule has 45 heavy (non-hydrogen) atoms. The SMILES string of the molecule is C[Si](C)(C)c1ccc(-c2ccc(-c3ccc4cc(-c5ccc(-c6cccc7c6oc6ncccc67)cc5)ccc4c3)cc2)cc1. The van der Waals surface area contributed by atoms with Crippen molar-refractivity contribution in [1.29, 1.82) is 0 Å². The lowest BCUT2D eigenvalue weighted by Gasteiger charge is -2.16. The van der Waals surface area contributed by atoms with Crippen molar-refractivity contribution >= 4 is 46.1 Å². The van der Waals surface area contributed by atoms with Crippen LogP contribution >= 0.6 is 0 Å². The molecule has 0 aliphatic rings. The quantitative estimate of drug-likeness (QED) is 0.185. The molecule has 0 atom stereocenters. The highest BCUT2D eigenvalue weighted by molar-refractivity contribution is 6.88.